The zero-order valence-corrected chi connectivity index (χ0v) is 13.6. The van der Waals surface area contributed by atoms with Crippen LogP contribution in [0.4, 0.5) is 0 Å². The molecule has 2 heterocycles. The Balaban J connectivity index is 1.78. The van der Waals surface area contributed by atoms with Gasteiger partial charge in [0.15, 0.2) is 0 Å². The number of nitrogens with zero attached hydrogens (tertiary/aromatic N) is 3. The van der Waals surface area contributed by atoms with Gasteiger partial charge in [-0.1, -0.05) is 18.2 Å². The lowest BCUT2D eigenvalue weighted by atomic mass is 10.1. The van der Waals surface area contributed by atoms with Crippen LogP contribution in [0.15, 0.2) is 67.1 Å². The minimum Gasteiger partial charge on any atom is -0.497 e. The standard InChI is InChI=1S/C20H17N3O/c1-23-9-8-16-10-15(6-7-20(16)23)19-13-21-12-18(22-19)14-4-3-5-17(11-14)24-2/h3-13H,1-2H3. The highest BCUT2D eigenvalue weighted by Gasteiger charge is 2.07. The SMILES string of the molecule is COc1cccc(-c2cncc(-c3ccc4c(ccn4C)c3)n2)c1. The van der Waals surface area contributed by atoms with Crippen LogP contribution in [0.2, 0.25) is 0 Å². The van der Waals surface area contributed by atoms with Crippen LogP contribution in [0.5, 0.6) is 5.75 Å². The van der Waals surface area contributed by atoms with E-state index >= 15 is 0 Å². The fourth-order valence-corrected chi connectivity index (χ4v) is 2.87. The molecule has 2 aromatic carbocycles. The molecule has 4 rings (SSSR count). The summed E-state index contributed by atoms with van der Waals surface area (Å²) in [6.07, 6.45) is 5.64. The molecule has 118 valence electrons. The topological polar surface area (TPSA) is 39.9 Å². The van der Waals surface area contributed by atoms with Crippen molar-refractivity contribution in [3.8, 4) is 28.3 Å². The smallest absolute Gasteiger partial charge is 0.119 e. The Bertz CT molecular complexity index is 1020. The fourth-order valence-electron chi connectivity index (χ4n) is 2.87. The van der Waals surface area contributed by atoms with Gasteiger partial charge in [0.1, 0.15) is 5.75 Å². The van der Waals surface area contributed by atoms with E-state index in [4.69, 9.17) is 9.72 Å². The van der Waals surface area contributed by atoms with Crippen LogP contribution in [0.1, 0.15) is 0 Å². The molecule has 0 saturated carbocycles. The third kappa shape index (κ3) is 2.52. The van der Waals surface area contributed by atoms with Gasteiger partial charge in [-0.3, -0.25) is 4.98 Å². The van der Waals surface area contributed by atoms with Gasteiger partial charge in [0.2, 0.25) is 0 Å². The predicted octanol–water partition coefficient (Wildman–Crippen LogP) is 4.31. The van der Waals surface area contributed by atoms with Gasteiger partial charge in [0.05, 0.1) is 30.9 Å². The lowest BCUT2D eigenvalue weighted by Crippen LogP contribution is -1.91. The Labute approximate surface area is 140 Å². The average Bonchev–Trinajstić information content (AvgIpc) is 3.02. The summed E-state index contributed by atoms with van der Waals surface area (Å²) in [7, 11) is 3.71. The largest absolute Gasteiger partial charge is 0.497 e. The number of aryl methyl sites for hydroxylation is 1. The van der Waals surface area contributed by atoms with Crippen LogP contribution in [0, 0.1) is 0 Å². The van der Waals surface area contributed by atoms with Crippen LogP contribution in [0.3, 0.4) is 0 Å². The number of ether oxygens (including phenoxy) is 1. The van der Waals surface area contributed by atoms with Crippen LogP contribution in [-0.4, -0.2) is 21.6 Å². The minimum absolute atomic E-state index is 0.811. The Kier molecular flexibility index (Phi) is 3.50. The first-order valence-corrected chi connectivity index (χ1v) is 7.76. The quantitative estimate of drug-likeness (QED) is 0.565. The molecule has 0 saturated heterocycles. The van der Waals surface area contributed by atoms with Crippen molar-refractivity contribution in [3.63, 3.8) is 0 Å². The molecule has 0 N–H and O–H groups in total. The first-order valence-electron chi connectivity index (χ1n) is 7.76. The molecule has 0 aliphatic carbocycles. The zero-order chi connectivity index (χ0) is 16.5. The summed E-state index contributed by atoms with van der Waals surface area (Å²) in [6.45, 7) is 0. The minimum atomic E-state index is 0.811. The number of rotatable bonds is 3. The summed E-state index contributed by atoms with van der Waals surface area (Å²) < 4.78 is 7.40. The lowest BCUT2D eigenvalue weighted by molar-refractivity contribution is 0.415. The number of hydrogen-bond donors (Lipinski definition) is 0. The second-order valence-electron chi connectivity index (χ2n) is 5.72. The Morgan fingerprint density at radius 2 is 1.71 bits per heavy atom. The molecule has 0 spiro atoms. The highest BCUT2D eigenvalue weighted by Crippen LogP contribution is 2.26. The molecule has 0 radical (unpaired) electrons. The van der Waals surface area contributed by atoms with Gasteiger partial charge in [0, 0.05) is 35.3 Å². The van der Waals surface area contributed by atoms with E-state index in [1.54, 1.807) is 19.5 Å². The van der Waals surface area contributed by atoms with Crippen LogP contribution < -0.4 is 4.74 Å². The maximum absolute atomic E-state index is 5.29. The molecule has 0 aliphatic heterocycles. The summed E-state index contributed by atoms with van der Waals surface area (Å²) in [5.74, 6) is 0.811. The van der Waals surface area contributed by atoms with Crippen LogP contribution in [0.25, 0.3) is 33.4 Å². The van der Waals surface area contributed by atoms with Crippen LogP contribution >= 0.6 is 0 Å². The first kappa shape index (κ1) is 14.5. The Morgan fingerprint density at radius 1 is 0.917 bits per heavy atom. The first-order chi connectivity index (χ1) is 11.7. The van der Waals surface area contributed by atoms with Gasteiger partial charge < -0.3 is 9.30 Å². The van der Waals surface area contributed by atoms with Crippen molar-refractivity contribution in [3.05, 3.63) is 67.1 Å². The number of benzene rings is 2. The number of fused-ring (bicyclic) bond motifs is 1. The third-order valence-corrected chi connectivity index (χ3v) is 4.18. The van der Waals surface area contributed by atoms with Gasteiger partial charge >= 0.3 is 0 Å². The molecule has 0 unspecified atom stereocenters. The van der Waals surface area contributed by atoms with E-state index in [0.717, 1.165) is 28.3 Å². The molecule has 0 bridgehead atoms. The van der Waals surface area contributed by atoms with E-state index < -0.39 is 0 Å². The molecule has 24 heavy (non-hydrogen) atoms. The summed E-state index contributed by atoms with van der Waals surface area (Å²) in [5.41, 5.74) is 4.95. The summed E-state index contributed by atoms with van der Waals surface area (Å²) >= 11 is 0. The third-order valence-electron chi connectivity index (χ3n) is 4.18. The van der Waals surface area contributed by atoms with Gasteiger partial charge in [-0.2, -0.15) is 0 Å². The molecule has 0 fully saturated rings. The van der Waals surface area contributed by atoms with E-state index in [1.165, 1.54) is 10.9 Å². The van der Waals surface area contributed by atoms with E-state index in [-0.39, 0.29) is 0 Å². The van der Waals surface area contributed by atoms with E-state index in [0.29, 0.717) is 0 Å². The van der Waals surface area contributed by atoms with Crippen molar-refractivity contribution in [2.24, 2.45) is 7.05 Å². The van der Waals surface area contributed by atoms with E-state index in [2.05, 4.69) is 40.0 Å². The summed E-state index contributed by atoms with van der Waals surface area (Å²) in [5, 5.41) is 1.20. The van der Waals surface area contributed by atoms with E-state index in [1.807, 2.05) is 31.3 Å². The van der Waals surface area contributed by atoms with Gasteiger partial charge in [0.25, 0.3) is 0 Å². The van der Waals surface area contributed by atoms with Crippen molar-refractivity contribution >= 4 is 10.9 Å². The fraction of sp³-hybridized carbons (Fsp3) is 0.100. The second kappa shape index (κ2) is 5.81. The molecule has 4 nitrogen and oxygen atoms in total. The molecule has 0 aliphatic rings. The van der Waals surface area contributed by atoms with Crippen molar-refractivity contribution in [2.45, 2.75) is 0 Å². The number of aromatic nitrogens is 3. The highest BCUT2D eigenvalue weighted by atomic mass is 16.5. The van der Waals surface area contributed by atoms with Crippen LogP contribution in [-0.2, 0) is 7.05 Å². The Morgan fingerprint density at radius 3 is 2.50 bits per heavy atom. The monoisotopic (exact) mass is 315 g/mol. The number of hydrogen-bond acceptors (Lipinski definition) is 3. The zero-order valence-electron chi connectivity index (χ0n) is 13.6. The maximum Gasteiger partial charge on any atom is 0.119 e. The van der Waals surface area contributed by atoms with Gasteiger partial charge in [-0.15, -0.1) is 0 Å². The van der Waals surface area contributed by atoms with Gasteiger partial charge in [-0.25, -0.2) is 4.98 Å². The van der Waals surface area contributed by atoms with Crippen molar-refractivity contribution in [2.75, 3.05) is 7.11 Å². The summed E-state index contributed by atoms with van der Waals surface area (Å²) in [4.78, 5) is 9.15. The molecule has 4 heteroatoms. The van der Waals surface area contributed by atoms with E-state index in [9.17, 15) is 0 Å². The van der Waals surface area contributed by atoms with Gasteiger partial charge in [-0.05, 0) is 30.3 Å². The van der Waals surface area contributed by atoms with Crippen molar-refractivity contribution in [1.29, 1.82) is 0 Å². The molecule has 2 aromatic heterocycles. The molecule has 4 aromatic rings. The average molecular weight is 315 g/mol. The molecule has 0 amide bonds. The maximum atomic E-state index is 5.29. The van der Waals surface area contributed by atoms with Crippen molar-refractivity contribution in [1.82, 2.24) is 14.5 Å². The molecular formula is C20H17N3O. The Hall–Kier alpha value is -3.14. The number of methoxy groups -OCH3 is 1. The second-order valence-corrected chi connectivity index (χ2v) is 5.72. The van der Waals surface area contributed by atoms with Crippen molar-refractivity contribution < 1.29 is 4.74 Å². The lowest BCUT2D eigenvalue weighted by Gasteiger charge is -2.07. The normalized spacial score (nSPS) is 10.9. The highest BCUT2D eigenvalue weighted by molar-refractivity contribution is 5.85. The summed E-state index contributed by atoms with van der Waals surface area (Å²) in [6, 6.07) is 16.3. The molecule has 0 atom stereocenters. The molecular weight excluding hydrogens is 298 g/mol. The predicted molar refractivity (Wildman–Crippen MR) is 95.9 cm³/mol.